The van der Waals surface area contributed by atoms with Gasteiger partial charge in [-0.2, -0.15) is 0 Å². The summed E-state index contributed by atoms with van der Waals surface area (Å²) in [7, 11) is 2.03. The van der Waals surface area contributed by atoms with Crippen LogP contribution in [0.15, 0.2) is 40.2 Å². The van der Waals surface area contributed by atoms with Crippen molar-refractivity contribution in [3.8, 4) is 0 Å². The molecule has 1 aromatic heterocycles. The van der Waals surface area contributed by atoms with E-state index in [9.17, 15) is 4.79 Å². The maximum Gasteiger partial charge on any atom is 0.264 e. The van der Waals surface area contributed by atoms with Gasteiger partial charge in [-0.05, 0) is 67.4 Å². The molecule has 1 aliphatic heterocycles. The summed E-state index contributed by atoms with van der Waals surface area (Å²) >= 11 is 1.38. The Bertz CT molecular complexity index is 844. The third-order valence-corrected chi connectivity index (χ3v) is 5.24. The van der Waals surface area contributed by atoms with Crippen LogP contribution in [0.3, 0.4) is 0 Å². The normalized spacial score (nSPS) is 17.8. The van der Waals surface area contributed by atoms with Gasteiger partial charge in [-0.15, -0.1) is 0 Å². The van der Waals surface area contributed by atoms with Crippen molar-refractivity contribution in [1.29, 1.82) is 0 Å². The first-order valence-corrected chi connectivity index (χ1v) is 8.81. The number of rotatable bonds is 3. The zero-order valence-electron chi connectivity index (χ0n) is 14.4. The molecule has 0 atom stereocenters. The van der Waals surface area contributed by atoms with Crippen LogP contribution in [-0.4, -0.2) is 15.6 Å². The highest BCUT2D eigenvalue weighted by Gasteiger charge is 2.24. The second-order valence-electron chi connectivity index (χ2n) is 5.89. The fourth-order valence-electron chi connectivity index (χ4n) is 2.58. The summed E-state index contributed by atoms with van der Waals surface area (Å²) in [4.78, 5) is 17.4. The van der Waals surface area contributed by atoms with Gasteiger partial charge in [0.2, 0.25) is 0 Å². The molecule has 0 radical (unpaired) electrons. The molecule has 4 nitrogen and oxygen atoms in total. The summed E-state index contributed by atoms with van der Waals surface area (Å²) in [6.45, 7) is 6.24. The molecule has 0 spiro atoms. The van der Waals surface area contributed by atoms with Gasteiger partial charge in [0.25, 0.3) is 5.91 Å². The van der Waals surface area contributed by atoms with Crippen LogP contribution in [0, 0.1) is 13.8 Å². The number of nitrogens with zero attached hydrogens (tertiary/aromatic N) is 2. The molecule has 2 aromatic rings. The predicted octanol–water partition coefficient (Wildman–Crippen LogP) is 4.10. The van der Waals surface area contributed by atoms with Gasteiger partial charge in [-0.1, -0.05) is 19.1 Å². The second-order valence-corrected chi connectivity index (χ2v) is 6.92. The maximum absolute atomic E-state index is 12.2. The zero-order valence-corrected chi connectivity index (χ0v) is 15.2. The number of amides is 1. The van der Waals surface area contributed by atoms with Gasteiger partial charge in [0, 0.05) is 18.4 Å². The smallest absolute Gasteiger partial charge is 0.264 e. The molecular weight excluding hydrogens is 318 g/mol. The van der Waals surface area contributed by atoms with Gasteiger partial charge in [0.05, 0.1) is 10.6 Å². The third-order valence-electron chi connectivity index (χ3n) is 4.33. The molecule has 2 heterocycles. The van der Waals surface area contributed by atoms with Crippen LogP contribution in [0.25, 0.3) is 6.08 Å². The van der Waals surface area contributed by atoms with E-state index >= 15 is 0 Å². The molecule has 1 saturated heterocycles. The van der Waals surface area contributed by atoms with Crippen LogP contribution < -0.4 is 5.32 Å². The summed E-state index contributed by atoms with van der Waals surface area (Å²) in [6.07, 6.45) is 2.94. The molecule has 1 fully saturated rings. The van der Waals surface area contributed by atoms with Crippen molar-refractivity contribution in [1.82, 2.24) is 9.88 Å². The standard InChI is InChI=1S/C19H21N3OS/c1-5-14-6-8-16(9-7-14)20-19-21-18(23)17(24-19)11-15-10-12(2)22(4)13(15)3/h6-11H,5H2,1-4H3,(H,20,21,23)/b17-11-. The van der Waals surface area contributed by atoms with E-state index in [1.807, 2.05) is 25.3 Å². The van der Waals surface area contributed by atoms with Crippen molar-refractivity contribution >= 4 is 34.6 Å². The minimum atomic E-state index is -0.0927. The number of benzene rings is 1. The second kappa shape index (κ2) is 6.69. The van der Waals surface area contributed by atoms with E-state index in [4.69, 9.17) is 0 Å². The first-order chi connectivity index (χ1) is 11.5. The number of hydrogen-bond donors (Lipinski definition) is 1. The number of hydrogen-bond acceptors (Lipinski definition) is 3. The van der Waals surface area contributed by atoms with Crippen LogP contribution in [0.1, 0.15) is 29.4 Å². The molecule has 1 amide bonds. The largest absolute Gasteiger partial charge is 0.352 e. The predicted molar refractivity (Wildman–Crippen MR) is 102 cm³/mol. The summed E-state index contributed by atoms with van der Waals surface area (Å²) in [5.74, 6) is -0.0927. The van der Waals surface area contributed by atoms with E-state index in [0.717, 1.165) is 23.4 Å². The van der Waals surface area contributed by atoms with E-state index in [-0.39, 0.29) is 5.91 Å². The molecular formula is C19H21N3OS. The Kier molecular flexibility index (Phi) is 4.62. The van der Waals surface area contributed by atoms with Gasteiger partial charge in [-0.25, -0.2) is 4.99 Å². The van der Waals surface area contributed by atoms with E-state index in [1.54, 1.807) is 0 Å². The lowest BCUT2D eigenvalue weighted by Crippen LogP contribution is -2.19. The van der Waals surface area contributed by atoms with Crippen molar-refractivity contribution in [3.05, 3.63) is 57.8 Å². The van der Waals surface area contributed by atoms with Gasteiger partial charge in [0.15, 0.2) is 5.17 Å². The molecule has 1 aliphatic rings. The monoisotopic (exact) mass is 339 g/mol. The highest BCUT2D eigenvalue weighted by Crippen LogP contribution is 2.29. The summed E-state index contributed by atoms with van der Waals surface area (Å²) in [5, 5.41) is 3.47. The highest BCUT2D eigenvalue weighted by atomic mass is 32.2. The first kappa shape index (κ1) is 16.6. The summed E-state index contributed by atoms with van der Waals surface area (Å²) < 4.78 is 2.12. The van der Waals surface area contributed by atoms with Crippen molar-refractivity contribution in [3.63, 3.8) is 0 Å². The Labute approximate surface area is 146 Å². The molecule has 5 heteroatoms. The number of aromatic nitrogens is 1. The molecule has 3 rings (SSSR count). The number of aryl methyl sites for hydroxylation is 2. The average molecular weight is 339 g/mol. The molecule has 24 heavy (non-hydrogen) atoms. The number of carbonyl (C=O) groups is 1. The zero-order chi connectivity index (χ0) is 17.3. The highest BCUT2D eigenvalue weighted by molar-refractivity contribution is 8.18. The molecule has 1 N–H and O–H groups in total. The number of aliphatic imine (C=N–C) groups is 1. The summed E-state index contributed by atoms with van der Waals surface area (Å²) in [5.41, 5.74) is 5.52. The molecule has 0 bridgehead atoms. The quantitative estimate of drug-likeness (QED) is 0.856. The fourth-order valence-corrected chi connectivity index (χ4v) is 3.41. The number of carbonyl (C=O) groups excluding carboxylic acids is 1. The Morgan fingerprint density at radius 1 is 1.25 bits per heavy atom. The van der Waals surface area contributed by atoms with Crippen molar-refractivity contribution in [2.24, 2.45) is 12.0 Å². The lowest BCUT2D eigenvalue weighted by Gasteiger charge is -1.99. The van der Waals surface area contributed by atoms with Gasteiger partial charge in [0.1, 0.15) is 0 Å². The minimum Gasteiger partial charge on any atom is -0.352 e. The van der Waals surface area contributed by atoms with Crippen molar-refractivity contribution in [2.45, 2.75) is 27.2 Å². The Morgan fingerprint density at radius 2 is 1.96 bits per heavy atom. The molecule has 0 saturated carbocycles. The number of nitrogens with one attached hydrogen (secondary N) is 1. The van der Waals surface area contributed by atoms with Crippen molar-refractivity contribution < 1.29 is 4.79 Å². The van der Waals surface area contributed by atoms with Gasteiger partial charge >= 0.3 is 0 Å². The average Bonchev–Trinajstić information content (AvgIpc) is 3.03. The Balaban J connectivity index is 1.83. The molecule has 124 valence electrons. The topological polar surface area (TPSA) is 46.4 Å². The lowest BCUT2D eigenvalue weighted by atomic mass is 10.2. The Morgan fingerprint density at radius 3 is 2.54 bits per heavy atom. The van der Waals surface area contributed by atoms with Gasteiger partial charge in [-0.3, -0.25) is 4.79 Å². The minimum absolute atomic E-state index is 0.0927. The third kappa shape index (κ3) is 3.31. The molecule has 0 aliphatic carbocycles. The molecule has 0 unspecified atom stereocenters. The van der Waals surface area contributed by atoms with Crippen LogP contribution in [-0.2, 0) is 18.3 Å². The van der Waals surface area contributed by atoms with Crippen LogP contribution in [0.2, 0.25) is 0 Å². The number of amidine groups is 1. The maximum atomic E-state index is 12.2. The van der Waals surface area contributed by atoms with Gasteiger partial charge < -0.3 is 9.88 Å². The first-order valence-electron chi connectivity index (χ1n) is 7.99. The van der Waals surface area contributed by atoms with Crippen LogP contribution in [0.5, 0.6) is 0 Å². The SMILES string of the molecule is CCc1ccc(N=C2NC(=O)/C(=C/c3cc(C)n(C)c3C)S2)cc1. The van der Waals surface area contributed by atoms with E-state index < -0.39 is 0 Å². The molecule has 1 aromatic carbocycles. The fraction of sp³-hybridized carbons (Fsp3) is 0.263. The van der Waals surface area contributed by atoms with E-state index in [1.165, 1.54) is 23.0 Å². The lowest BCUT2D eigenvalue weighted by molar-refractivity contribution is -0.115. The van der Waals surface area contributed by atoms with Crippen molar-refractivity contribution in [2.75, 3.05) is 0 Å². The van der Waals surface area contributed by atoms with E-state index in [2.05, 4.69) is 53.8 Å². The summed E-state index contributed by atoms with van der Waals surface area (Å²) in [6, 6.07) is 10.2. The van der Waals surface area contributed by atoms with E-state index in [0.29, 0.717) is 10.1 Å². The van der Waals surface area contributed by atoms with Crippen LogP contribution >= 0.6 is 11.8 Å². The Hall–Kier alpha value is -2.27. The number of thioether (sulfide) groups is 1. The van der Waals surface area contributed by atoms with Crippen LogP contribution in [0.4, 0.5) is 5.69 Å².